The van der Waals surface area contributed by atoms with E-state index in [-0.39, 0.29) is 11.5 Å². The molecule has 25 heavy (non-hydrogen) atoms. The Morgan fingerprint density at radius 3 is 2.36 bits per heavy atom. The summed E-state index contributed by atoms with van der Waals surface area (Å²) in [5, 5.41) is 5.81. The Balaban J connectivity index is 1.71. The minimum atomic E-state index is -0.390. The van der Waals surface area contributed by atoms with E-state index in [4.69, 9.17) is 0 Å². The highest BCUT2D eigenvalue weighted by molar-refractivity contribution is 6.03. The van der Waals surface area contributed by atoms with Gasteiger partial charge in [-0.2, -0.15) is 0 Å². The smallest absolute Gasteiger partial charge is 0.274 e. The van der Waals surface area contributed by atoms with E-state index in [0.29, 0.717) is 11.5 Å². The van der Waals surface area contributed by atoms with Gasteiger partial charge in [-0.1, -0.05) is 19.1 Å². The number of amides is 1. The van der Waals surface area contributed by atoms with E-state index in [1.54, 1.807) is 6.07 Å². The van der Waals surface area contributed by atoms with Crippen LogP contribution in [0, 0.1) is 5.82 Å². The number of hydrogen-bond donors (Lipinski definition) is 2. The molecule has 0 saturated carbocycles. The number of anilines is 3. The predicted molar refractivity (Wildman–Crippen MR) is 95.5 cm³/mol. The Labute approximate surface area is 145 Å². The van der Waals surface area contributed by atoms with E-state index in [1.165, 1.54) is 36.2 Å². The fraction of sp³-hybridized carbons (Fsp3) is 0.105. The molecule has 0 fully saturated rings. The van der Waals surface area contributed by atoms with Crippen molar-refractivity contribution in [1.82, 2.24) is 9.97 Å². The Hall–Kier alpha value is -3.28. The highest BCUT2D eigenvalue weighted by Crippen LogP contribution is 2.16. The van der Waals surface area contributed by atoms with E-state index in [1.807, 2.05) is 24.3 Å². The van der Waals surface area contributed by atoms with Crippen LogP contribution < -0.4 is 10.6 Å². The topological polar surface area (TPSA) is 66.9 Å². The largest absolute Gasteiger partial charge is 0.340 e. The van der Waals surface area contributed by atoms with E-state index < -0.39 is 5.91 Å². The van der Waals surface area contributed by atoms with Crippen LogP contribution in [0.2, 0.25) is 0 Å². The fourth-order valence-corrected chi connectivity index (χ4v) is 2.25. The lowest BCUT2D eigenvalue weighted by Crippen LogP contribution is -2.14. The van der Waals surface area contributed by atoms with Crippen LogP contribution in [-0.2, 0) is 6.42 Å². The van der Waals surface area contributed by atoms with E-state index in [9.17, 15) is 9.18 Å². The molecule has 0 unspecified atom stereocenters. The van der Waals surface area contributed by atoms with Crippen molar-refractivity contribution < 1.29 is 9.18 Å². The number of hydrogen-bond acceptors (Lipinski definition) is 4. The van der Waals surface area contributed by atoms with Crippen molar-refractivity contribution in [2.45, 2.75) is 13.3 Å². The van der Waals surface area contributed by atoms with Gasteiger partial charge in [-0.25, -0.2) is 14.4 Å². The normalized spacial score (nSPS) is 10.3. The number of nitrogens with one attached hydrogen (secondary N) is 2. The second-order valence-electron chi connectivity index (χ2n) is 5.42. The number of halogens is 1. The first-order chi connectivity index (χ1) is 12.1. The van der Waals surface area contributed by atoms with Crippen molar-refractivity contribution in [2.24, 2.45) is 0 Å². The second-order valence-corrected chi connectivity index (χ2v) is 5.42. The molecule has 0 spiro atoms. The van der Waals surface area contributed by atoms with Crippen molar-refractivity contribution in [3.63, 3.8) is 0 Å². The van der Waals surface area contributed by atoms with Crippen LogP contribution in [0.1, 0.15) is 23.0 Å². The summed E-state index contributed by atoms with van der Waals surface area (Å²) in [5.74, 6) is -0.234. The summed E-state index contributed by atoms with van der Waals surface area (Å²) in [6.45, 7) is 2.10. The van der Waals surface area contributed by atoms with E-state index in [0.717, 1.165) is 12.1 Å². The fourth-order valence-electron chi connectivity index (χ4n) is 2.25. The van der Waals surface area contributed by atoms with Gasteiger partial charge in [0.2, 0.25) is 0 Å². The summed E-state index contributed by atoms with van der Waals surface area (Å²) in [6.07, 6.45) is 2.30. The van der Waals surface area contributed by atoms with Crippen LogP contribution >= 0.6 is 0 Å². The third-order valence-electron chi connectivity index (χ3n) is 3.64. The molecule has 6 heteroatoms. The standard InChI is InChI=1S/C19H17FN4O/c1-2-13-3-7-15(8-4-13)23-18-11-17(21-12-22-18)19(25)24-16-9-5-14(20)6-10-16/h3-12H,2H2,1H3,(H,24,25)(H,21,22,23). The summed E-state index contributed by atoms with van der Waals surface area (Å²) in [5.41, 5.74) is 2.83. The van der Waals surface area contributed by atoms with Crippen molar-refractivity contribution in [2.75, 3.05) is 10.6 Å². The van der Waals surface area contributed by atoms with Crippen molar-refractivity contribution >= 4 is 23.1 Å². The van der Waals surface area contributed by atoms with Gasteiger partial charge in [-0.05, 0) is 48.4 Å². The molecular weight excluding hydrogens is 319 g/mol. The molecule has 1 aromatic heterocycles. The zero-order valence-corrected chi connectivity index (χ0v) is 13.7. The Morgan fingerprint density at radius 2 is 1.68 bits per heavy atom. The summed E-state index contributed by atoms with van der Waals surface area (Å²) in [6, 6.07) is 15.1. The van der Waals surface area contributed by atoms with Gasteiger partial charge in [0, 0.05) is 17.4 Å². The third-order valence-corrected chi connectivity index (χ3v) is 3.64. The average molecular weight is 336 g/mol. The molecule has 1 heterocycles. The predicted octanol–water partition coefficient (Wildman–Crippen LogP) is 4.17. The Bertz CT molecular complexity index is 863. The molecular formula is C19H17FN4O. The number of nitrogens with zero attached hydrogens (tertiary/aromatic N) is 2. The average Bonchev–Trinajstić information content (AvgIpc) is 2.64. The van der Waals surface area contributed by atoms with Crippen molar-refractivity contribution in [3.05, 3.63) is 78.0 Å². The van der Waals surface area contributed by atoms with Gasteiger partial charge >= 0.3 is 0 Å². The number of aryl methyl sites for hydroxylation is 1. The summed E-state index contributed by atoms with van der Waals surface area (Å²) < 4.78 is 12.9. The quantitative estimate of drug-likeness (QED) is 0.734. The van der Waals surface area contributed by atoms with Gasteiger partial charge in [-0.15, -0.1) is 0 Å². The monoisotopic (exact) mass is 336 g/mol. The molecule has 0 atom stereocenters. The molecule has 0 radical (unpaired) electrons. The molecule has 5 nitrogen and oxygen atoms in total. The molecule has 3 aromatic rings. The molecule has 0 aliphatic rings. The third kappa shape index (κ3) is 4.38. The molecule has 0 saturated heterocycles. The van der Waals surface area contributed by atoms with Crippen LogP contribution in [0.15, 0.2) is 60.9 Å². The molecule has 3 rings (SSSR count). The lowest BCUT2D eigenvalue weighted by molar-refractivity contribution is 0.102. The van der Waals surface area contributed by atoms with E-state index >= 15 is 0 Å². The number of aromatic nitrogens is 2. The Morgan fingerprint density at radius 1 is 1.00 bits per heavy atom. The maximum Gasteiger partial charge on any atom is 0.274 e. The van der Waals surface area contributed by atoms with Gasteiger partial charge in [0.1, 0.15) is 23.7 Å². The van der Waals surface area contributed by atoms with E-state index in [2.05, 4.69) is 27.5 Å². The number of carbonyl (C=O) groups is 1. The number of rotatable bonds is 5. The Kier molecular flexibility index (Phi) is 4.99. The highest BCUT2D eigenvalue weighted by atomic mass is 19.1. The summed E-state index contributed by atoms with van der Waals surface area (Å²) >= 11 is 0. The minimum absolute atomic E-state index is 0.215. The van der Waals surface area contributed by atoms with Gasteiger partial charge < -0.3 is 10.6 Å². The maximum absolute atomic E-state index is 12.9. The first kappa shape index (κ1) is 16.6. The summed E-state index contributed by atoms with van der Waals surface area (Å²) in [4.78, 5) is 20.4. The minimum Gasteiger partial charge on any atom is -0.340 e. The lowest BCUT2D eigenvalue weighted by Gasteiger charge is -2.08. The van der Waals surface area contributed by atoms with Gasteiger partial charge in [0.25, 0.3) is 5.91 Å². The maximum atomic E-state index is 12.9. The van der Waals surface area contributed by atoms with Crippen molar-refractivity contribution in [3.8, 4) is 0 Å². The zero-order valence-electron chi connectivity index (χ0n) is 13.7. The first-order valence-electron chi connectivity index (χ1n) is 7.89. The highest BCUT2D eigenvalue weighted by Gasteiger charge is 2.09. The van der Waals surface area contributed by atoms with Gasteiger partial charge in [0.15, 0.2) is 0 Å². The first-order valence-corrected chi connectivity index (χ1v) is 7.89. The van der Waals surface area contributed by atoms with Crippen LogP contribution in [-0.4, -0.2) is 15.9 Å². The molecule has 2 aromatic carbocycles. The van der Waals surface area contributed by atoms with Crippen LogP contribution in [0.25, 0.3) is 0 Å². The number of benzene rings is 2. The van der Waals surface area contributed by atoms with Gasteiger partial charge in [-0.3, -0.25) is 4.79 Å². The van der Waals surface area contributed by atoms with Crippen LogP contribution in [0.5, 0.6) is 0 Å². The van der Waals surface area contributed by atoms with Gasteiger partial charge in [0.05, 0.1) is 0 Å². The SMILES string of the molecule is CCc1ccc(Nc2cc(C(=O)Nc3ccc(F)cc3)ncn2)cc1. The molecule has 126 valence electrons. The molecule has 0 aliphatic carbocycles. The number of carbonyl (C=O) groups excluding carboxylic acids is 1. The summed E-state index contributed by atoms with van der Waals surface area (Å²) in [7, 11) is 0. The molecule has 0 bridgehead atoms. The second kappa shape index (κ2) is 7.53. The van der Waals surface area contributed by atoms with Crippen molar-refractivity contribution in [1.29, 1.82) is 0 Å². The molecule has 2 N–H and O–H groups in total. The zero-order chi connectivity index (χ0) is 17.6. The van der Waals surface area contributed by atoms with Crippen LogP contribution in [0.3, 0.4) is 0 Å². The molecule has 0 aliphatic heterocycles. The van der Waals surface area contributed by atoms with Crippen LogP contribution in [0.4, 0.5) is 21.6 Å². The molecule has 1 amide bonds. The lowest BCUT2D eigenvalue weighted by atomic mass is 10.1.